The van der Waals surface area contributed by atoms with Crippen LogP contribution >= 0.6 is 0 Å². The second-order valence-corrected chi connectivity index (χ2v) is 6.79. The van der Waals surface area contributed by atoms with Crippen molar-refractivity contribution in [1.29, 1.82) is 0 Å². The highest BCUT2D eigenvalue weighted by Crippen LogP contribution is 2.25. The zero-order valence-electron chi connectivity index (χ0n) is 13.6. The van der Waals surface area contributed by atoms with E-state index in [1.165, 1.54) is 12.8 Å². The third-order valence-corrected chi connectivity index (χ3v) is 4.75. The highest BCUT2D eigenvalue weighted by molar-refractivity contribution is 4.93. The second kappa shape index (κ2) is 8.89. The molecule has 3 atom stereocenters. The van der Waals surface area contributed by atoms with Crippen molar-refractivity contribution < 1.29 is 9.84 Å². The molecule has 1 saturated carbocycles. The summed E-state index contributed by atoms with van der Waals surface area (Å²) in [6.45, 7) is 6.12. The van der Waals surface area contributed by atoms with E-state index in [1.54, 1.807) is 0 Å². The molecule has 0 aromatic heterocycles. The molecule has 2 aliphatic carbocycles. The van der Waals surface area contributed by atoms with Gasteiger partial charge in [-0.2, -0.15) is 0 Å². The van der Waals surface area contributed by atoms with Crippen LogP contribution in [-0.2, 0) is 4.74 Å². The summed E-state index contributed by atoms with van der Waals surface area (Å²) in [5, 5.41) is 13.2. The van der Waals surface area contributed by atoms with Crippen molar-refractivity contribution in [2.45, 2.75) is 44.8 Å². The molecule has 0 heterocycles. The third kappa shape index (κ3) is 6.47. The molecule has 4 heteroatoms. The minimum Gasteiger partial charge on any atom is -0.389 e. The predicted molar refractivity (Wildman–Crippen MR) is 86.4 cm³/mol. The van der Waals surface area contributed by atoms with Crippen LogP contribution in [0.5, 0.6) is 0 Å². The van der Waals surface area contributed by atoms with Gasteiger partial charge in [-0.3, -0.25) is 0 Å². The number of hydrogen-bond acceptors (Lipinski definition) is 4. The van der Waals surface area contributed by atoms with Gasteiger partial charge in [0, 0.05) is 25.7 Å². The fourth-order valence-corrected chi connectivity index (χ4v) is 2.88. The molecule has 4 nitrogen and oxygen atoms in total. The first kappa shape index (κ1) is 16.9. The van der Waals surface area contributed by atoms with Crippen LogP contribution < -0.4 is 5.32 Å². The maximum absolute atomic E-state index is 9.92. The molecule has 21 heavy (non-hydrogen) atoms. The molecule has 122 valence electrons. The monoisotopic (exact) mass is 296 g/mol. The fourth-order valence-electron chi connectivity index (χ4n) is 2.88. The van der Waals surface area contributed by atoms with Gasteiger partial charge < -0.3 is 20.1 Å². The molecule has 0 aromatic carbocycles. The van der Waals surface area contributed by atoms with Crippen LogP contribution in [0, 0.1) is 11.8 Å². The van der Waals surface area contributed by atoms with Crippen LogP contribution in [0.15, 0.2) is 12.2 Å². The van der Waals surface area contributed by atoms with Crippen molar-refractivity contribution in [3.63, 3.8) is 0 Å². The smallest absolute Gasteiger partial charge is 0.0897 e. The molecule has 0 saturated heterocycles. The lowest BCUT2D eigenvalue weighted by atomic mass is 9.85. The number of ether oxygens (including phenoxy) is 1. The summed E-state index contributed by atoms with van der Waals surface area (Å²) in [6.07, 6.45) is 9.09. The Morgan fingerprint density at radius 3 is 2.81 bits per heavy atom. The number of allylic oxidation sites excluding steroid dienone is 2. The lowest BCUT2D eigenvalue weighted by Crippen LogP contribution is -2.36. The maximum atomic E-state index is 9.92. The minimum absolute atomic E-state index is 0.398. The molecule has 0 bridgehead atoms. The summed E-state index contributed by atoms with van der Waals surface area (Å²) in [5.41, 5.74) is 0. The molecule has 2 aliphatic rings. The predicted octanol–water partition coefficient (Wildman–Crippen LogP) is 1.65. The van der Waals surface area contributed by atoms with Crippen LogP contribution in [0.1, 0.15) is 32.6 Å². The molecule has 2 rings (SSSR count). The Morgan fingerprint density at radius 2 is 2.10 bits per heavy atom. The SMILES string of the molecule is CC1CC=CCC1COCC(O)CNCCN(C)C1CC1. The van der Waals surface area contributed by atoms with Crippen molar-refractivity contribution in [3.05, 3.63) is 12.2 Å². The van der Waals surface area contributed by atoms with E-state index in [9.17, 15) is 5.11 Å². The molecule has 0 aromatic rings. The van der Waals surface area contributed by atoms with Crippen molar-refractivity contribution in [3.8, 4) is 0 Å². The van der Waals surface area contributed by atoms with Crippen molar-refractivity contribution >= 4 is 0 Å². The summed E-state index contributed by atoms with van der Waals surface area (Å²) >= 11 is 0. The van der Waals surface area contributed by atoms with Crippen LogP contribution in [0.3, 0.4) is 0 Å². The highest BCUT2D eigenvalue weighted by Gasteiger charge is 2.25. The summed E-state index contributed by atoms with van der Waals surface area (Å²) in [4.78, 5) is 2.40. The Hall–Kier alpha value is -0.420. The Balaban J connectivity index is 1.45. The molecular weight excluding hydrogens is 264 g/mol. The van der Waals surface area contributed by atoms with Crippen LogP contribution in [0.4, 0.5) is 0 Å². The van der Waals surface area contributed by atoms with Gasteiger partial charge in [-0.25, -0.2) is 0 Å². The largest absolute Gasteiger partial charge is 0.389 e. The Morgan fingerprint density at radius 1 is 1.33 bits per heavy atom. The van der Waals surface area contributed by atoms with Crippen molar-refractivity contribution in [2.75, 3.05) is 39.9 Å². The summed E-state index contributed by atoms with van der Waals surface area (Å²) in [5.74, 6) is 1.31. The molecule has 0 spiro atoms. The lowest BCUT2D eigenvalue weighted by Gasteiger charge is -2.25. The van der Waals surface area contributed by atoms with Gasteiger partial charge in [-0.15, -0.1) is 0 Å². The zero-order valence-corrected chi connectivity index (χ0v) is 13.6. The molecule has 2 N–H and O–H groups in total. The van der Waals surface area contributed by atoms with E-state index in [0.717, 1.165) is 38.6 Å². The second-order valence-electron chi connectivity index (χ2n) is 6.79. The number of aliphatic hydroxyl groups is 1. The van der Waals surface area contributed by atoms with E-state index in [-0.39, 0.29) is 0 Å². The summed E-state index contributed by atoms with van der Waals surface area (Å²) in [7, 11) is 2.18. The highest BCUT2D eigenvalue weighted by atomic mass is 16.5. The lowest BCUT2D eigenvalue weighted by molar-refractivity contribution is 0.0128. The van der Waals surface area contributed by atoms with E-state index in [1.807, 2.05) is 0 Å². The number of rotatable bonds is 10. The molecule has 0 amide bonds. The van der Waals surface area contributed by atoms with Crippen LogP contribution in [0.2, 0.25) is 0 Å². The van der Waals surface area contributed by atoms with Crippen LogP contribution in [-0.4, -0.2) is 62.0 Å². The average molecular weight is 296 g/mol. The first-order valence-electron chi connectivity index (χ1n) is 8.48. The van der Waals surface area contributed by atoms with Gasteiger partial charge in [-0.05, 0) is 44.6 Å². The van der Waals surface area contributed by atoms with E-state index in [0.29, 0.717) is 25.0 Å². The van der Waals surface area contributed by atoms with E-state index in [2.05, 4.69) is 36.3 Å². The van der Waals surface area contributed by atoms with E-state index in [4.69, 9.17) is 4.74 Å². The molecule has 3 unspecified atom stereocenters. The summed E-state index contributed by atoms with van der Waals surface area (Å²) in [6, 6.07) is 0.812. The fraction of sp³-hybridized carbons (Fsp3) is 0.882. The first-order valence-corrected chi connectivity index (χ1v) is 8.48. The van der Waals surface area contributed by atoms with Crippen LogP contribution in [0.25, 0.3) is 0 Å². The standard InChI is InChI=1S/C17H32N2O2/c1-14-5-3-4-6-15(14)12-21-13-17(20)11-18-9-10-19(2)16-7-8-16/h3-4,14-18,20H,5-13H2,1-2H3. The molecule has 0 aliphatic heterocycles. The number of likely N-dealkylation sites (N-methyl/N-ethyl adjacent to an activating group) is 1. The van der Waals surface area contributed by atoms with Gasteiger partial charge in [0.2, 0.25) is 0 Å². The van der Waals surface area contributed by atoms with Crippen molar-refractivity contribution in [1.82, 2.24) is 10.2 Å². The first-order chi connectivity index (χ1) is 10.2. The number of hydrogen-bond donors (Lipinski definition) is 2. The molecule has 0 radical (unpaired) electrons. The van der Waals surface area contributed by atoms with Gasteiger partial charge in [0.15, 0.2) is 0 Å². The van der Waals surface area contributed by atoms with Gasteiger partial charge in [-0.1, -0.05) is 19.1 Å². The van der Waals surface area contributed by atoms with Gasteiger partial charge in [0.05, 0.1) is 19.3 Å². The Kier molecular flexibility index (Phi) is 7.17. The quantitative estimate of drug-likeness (QED) is 0.475. The number of aliphatic hydroxyl groups excluding tert-OH is 1. The normalized spacial score (nSPS) is 27.2. The Labute approximate surface area is 129 Å². The maximum Gasteiger partial charge on any atom is 0.0897 e. The average Bonchev–Trinajstić information content (AvgIpc) is 3.30. The van der Waals surface area contributed by atoms with E-state index >= 15 is 0 Å². The third-order valence-electron chi connectivity index (χ3n) is 4.75. The molecule has 1 fully saturated rings. The molecular formula is C17H32N2O2. The Bertz CT molecular complexity index is 318. The van der Waals surface area contributed by atoms with Crippen molar-refractivity contribution in [2.24, 2.45) is 11.8 Å². The van der Waals surface area contributed by atoms with Gasteiger partial charge >= 0.3 is 0 Å². The van der Waals surface area contributed by atoms with Gasteiger partial charge in [0.1, 0.15) is 0 Å². The zero-order chi connectivity index (χ0) is 15.1. The topological polar surface area (TPSA) is 44.7 Å². The minimum atomic E-state index is -0.398. The summed E-state index contributed by atoms with van der Waals surface area (Å²) < 4.78 is 5.70. The number of nitrogens with zero attached hydrogens (tertiary/aromatic N) is 1. The van der Waals surface area contributed by atoms with Gasteiger partial charge in [0.25, 0.3) is 0 Å². The number of nitrogens with one attached hydrogen (secondary N) is 1. The van der Waals surface area contributed by atoms with E-state index < -0.39 is 6.10 Å².